The third-order valence-corrected chi connectivity index (χ3v) is 6.87. The Kier molecular flexibility index (Phi) is 7.24. The predicted octanol–water partition coefficient (Wildman–Crippen LogP) is 4.13. The average Bonchev–Trinajstić information content (AvgIpc) is 3.26. The summed E-state index contributed by atoms with van der Waals surface area (Å²) in [5.74, 6) is -0.231. The Morgan fingerprint density at radius 2 is 1.97 bits per heavy atom. The van der Waals surface area contributed by atoms with Crippen LogP contribution in [0.2, 0.25) is 0 Å². The second-order valence-electron chi connectivity index (χ2n) is 9.40. The molecule has 0 radical (unpaired) electrons. The molecule has 1 unspecified atom stereocenters. The van der Waals surface area contributed by atoms with Crippen molar-refractivity contribution in [2.45, 2.75) is 31.3 Å². The maximum Gasteiger partial charge on any atom is 0.0868 e. The molecule has 1 fully saturated rings. The number of aliphatic imine (C=N–C) groups is 1. The molecule has 7 heteroatoms. The molecule has 1 saturated heterocycles. The van der Waals surface area contributed by atoms with Crippen molar-refractivity contribution in [3.8, 4) is 0 Å². The molecule has 2 heterocycles. The second kappa shape index (κ2) is 10.3. The molecule has 4 rings (SSSR count). The SMILES string of the molecule is CN=CC(C=N)c1ccc(N)c(C(=N)c2cc3cc(CN4CCC(N(C)C)CC4)ccc3[nH]2)c1. The Labute approximate surface area is 201 Å². The normalized spacial score (nSPS) is 16.5. The van der Waals surface area contributed by atoms with Crippen molar-refractivity contribution < 1.29 is 0 Å². The Morgan fingerprint density at radius 1 is 1.21 bits per heavy atom. The molecule has 0 bridgehead atoms. The molecule has 5 N–H and O–H groups in total. The number of piperidine rings is 1. The van der Waals surface area contributed by atoms with Crippen molar-refractivity contribution in [1.29, 1.82) is 10.8 Å². The van der Waals surface area contributed by atoms with Crippen molar-refractivity contribution in [2.24, 2.45) is 4.99 Å². The summed E-state index contributed by atoms with van der Waals surface area (Å²) >= 11 is 0. The van der Waals surface area contributed by atoms with E-state index >= 15 is 0 Å². The number of nitrogens with two attached hydrogens (primary N) is 1. The molecular formula is C27H35N7. The highest BCUT2D eigenvalue weighted by Gasteiger charge is 2.21. The average molecular weight is 458 g/mol. The predicted molar refractivity (Wildman–Crippen MR) is 143 cm³/mol. The lowest BCUT2D eigenvalue weighted by Crippen LogP contribution is -2.41. The molecule has 2 aromatic carbocycles. The number of likely N-dealkylation sites (tertiary alicyclic amines) is 1. The molecule has 34 heavy (non-hydrogen) atoms. The Balaban J connectivity index is 1.53. The summed E-state index contributed by atoms with van der Waals surface area (Å²) < 4.78 is 0. The molecule has 1 aromatic heterocycles. The first-order valence-electron chi connectivity index (χ1n) is 11.8. The molecule has 0 saturated carbocycles. The van der Waals surface area contributed by atoms with Gasteiger partial charge in [0, 0.05) is 54.2 Å². The van der Waals surface area contributed by atoms with E-state index in [4.69, 9.17) is 16.6 Å². The molecule has 1 aliphatic rings. The van der Waals surface area contributed by atoms with E-state index < -0.39 is 0 Å². The van der Waals surface area contributed by atoms with Gasteiger partial charge in [-0.05, 0) is 81.5 Å². The van der Waals surface area contributed by atoms with Crippen LogP contribution in [0.5, 0.6) is 0 Å². The van der Waals surface area contributed by atoms with Crippen LogP contribution < -0.4 is 5.73 Å². The molecular weight excluding hydrogens is 422 g/mol. The van der Waals surface area contributed by atoms with E-state index in [0.717, 1.165) is 41.8 Å². The van der Waals surface area contributed by atoms with Gasteiger partial charge in [-0.1, -0.05) is 12.1 Å². The van der Waals surface area contributed by atoms with Crippen LogP contribution in [-0.4, -0.2) is 73.2 Å². The van der Waals surface area contributed by atoms with Gasteiger partial charge in [0.05, 0.1) is 17.3 Å². The van der Waals surface area contributed by atoms with Crippen LogP contribution in [0.1, 0.15) is 41.1 Å². The zero-order chi connectivity index (χ0) is 24.2. The summed E-state index contributed by atoms with van der Waals surface area (Å²) in [5.41, 5.74) is 11.7. The van der Waals surface area contributed by atoms with Gasteiger partial charge in [-0.25, -0.2) is 0 Å². The summed E-state index contributed by atoms with van der Waals surface area (Å²) in [5, 5.41) is 17.6. The van der Waals surface area contributed by atoms with Gasteiger partial charge >= 0.3 is 0 Å². The number of anilines is 1. The highest BCUT2D eigenvalue weighted by atomic mass is 15.2. The lowest BCUT2D eigenvalue weighted by Gasteiger charge is -2.35. The van der Waals surface area contributed by atoms with E-state index in [1.807, 2.05) is 18.2 Å². The fourth-order valence-electron chi connectivity index (χ4n) is 4.80. The monoisotopic (exact) mass is 457 g/mol. The number of hydrogen-bond acceptors (Lipinski definition) is 6. The Bertz CT molecular complexity index is 1200. The number of aromatic nitrogens is 1. The summed E-state index contributed by atoms with van der Waals surface area (Å²) in [6, 6.07) is 14.8. The summed E-state index contributed by atoms with van der Waals surface area (Å²) in [6.07, 6.45) is 5.49. The van der Waals surface area contributed by atoms with Gasteiger partial charge < -0.3 is 21.0 Å². The van der Waals surface area contributed by atoms with Crippen LogP contribution in [0, 0.1) is 10.8 Å². The summed E-state index contributed by atoms with van der Waals surface area (Å²) in [6.45, 7) is 3.20. The number of H-pyrrole nitrogens is 1. The number of rotatable bonds is 8. The minimum atomic E-state index is -0.231. The first-order valence-corrected chi connectivity index (χ1v) is 11.8. The number of hydrogen-bond donors (Lipinski definition) is 4. The number of nitrogens with one attached hydrogen (secondary N) is 3. The van der Waals surface area contributed by atoms with E-state index in [1.165, 1.54) is 24.6 Å². The zero-order valence-electron chi connectivity index (χ0n) is 20.3. The third kappa shape index (κ3) is 5.11. The van der Waals surface area contributed by atoms with Gasteiger partial charge in [0.2, 0.25) is 0 Å². The lowest BCUT2D eigenvalue weighted by molar-refractivity contribution is 0.140. The van der Waals surface area contributed by atoms with Gasteiger partial charge in [-0.3, -0.25) is 15.3 Å². The number of nitrogens with zero attached hydrogens (tertiary/aromatic N) is 3. The highest BCUT2D eigenvalue weighted by molar-refractivity contribution is 6.14. The smallest absolute Gasteiger partial charge is 0.0868 e. The van der Waals surface area contributed by atoms with Crippen LogP contribution in [-0.2, 0) is 6.54 Å². The van der Waals surface area contributed by atoms with Crippen molar-refractivity contribution in [3.05, 3.63) is 64.8 Å². The number of benzene rings is 2. The molecule has 178 valence electrons. The topological polar surface area (TPSA) is 108 Å². The largest absolute Gasteiger partial charge is 0.398 e. The van der Waals surface area contributed by atoms with Gasteiger partial charge in [0.1, 0.15) is 0 Å². The van der Waals surface area contributed by atoms with Crippen LogP contribution in [0.4, 0.5) is 5.69 Å². The Morgan fingerprint density at radius 3 is 2.65 bits per heavy atom. The maximum absolute atomic E-state index is 8.84. The number of aromatic amines is 1. The highest BCUT2D eigenvalue weighted by Crippen LogP contribution is 2.25. The lowest BCUT2D eigenvalue weighted by atomic mass is 9.95. The van der Waals surface area contributed by atoms with E-state index in [1.54, 1.807) is 19.3 Å². The van der Waals surface area contributed by atoms with Crippen LogP contribution >= 0.6 is 0 Å². The van der Waals surface area contributed by atoms with Crippen molar-refractivity contribution >= 4 is 34.7 Å². The van der Waals surface area contributed by atoms with Crippen LogP contribution in [0.15, 0.2) is 47.5 Å². The van der Waals surface area contributed by atoms with E-state index in [-0.39, 0.29) is 5.92 Å². The first kappa shape index (κ1) is 23.9. The Hall–Kier alpha value is -3.29. The number of nitrogen functional groups attached to an aromatic ring is 1. The second-order valence-corrected chi connectivity index (χ2v) is 9.40. The van der Waals surface area contributed by atoms with Crippen molar-refractivity contribution in [3.63, 3.8) is 0 Å². The molecule has 0 aliphatic carbocycles. The van der Waals surface area contributed by atoms with Crippen LogP contribution in [0.3, 0.4) is 0 Å². The minimum absolute atomic E-state index is 0.231. The third-order valence-electron chi connectivity index (χ3n) is 6.87. The first-order chi connectivity index (χ1) is 16.4. The number of fused-ring (bicyclic) bond motifs is 1. The van der Waals surface area contributed by atoms with Crippen molar-refractivity contribution in [1.82, 2.24) is 14.8 Å². The van der Waals surface area contributed by atoms with E-state index in [0.29, 0.717) is 23.0 Å². The van der Waals surface area contributed by atoms with Crippen LogP contribution in [0.25, 0.3) is 10.9 Å². The molecule has 3 aromatic rings. The molecule has 1 atom stereocenters. The molecule has 1 aliphatic heterocycles. The zero-order valence-corrected chi connectivity index (χ0v) is 20.3. The van der Waals surface area contributed by atoms with Gasteiger partial charge in [-0.15, -0.1) is 0 Å². The van der Waals surface area contributed by atoms with Crippen molar-refractivity contribution in [2.75, 3.05) is 40.0 Å². The van der Waals surface area contributed by atoms with Gasteiger partial charge in [0.25, 0.3) is 0 Å². The maximum atomic E-state index is 8.84. The van der Waals surface area contributed by atoms with Gasteiger partial charge in [0.15, 0.2) is 0 Å². The molecule has 0 amide bonds. The molecule has 7 nitrogen and oxygen atoms in total. The summed E-state index contributed by atoms with van der Waals surface area (Å²) in [7, 11) is 6.04. The fourth-order valence-corrected chi connectivity index (χ4v) is 4.80. The van der Waals surface area contributed by atoms with E-state index in [2.05, 4.69) is 52.1 Å². The standard InChI is InChI=1S/C27H35N7/c1-31-16-21(15-28)19-5-6-24(29)23(13-19)27(30)26-14-20-12-18(4-7-25(20)32-26)17-34-10-8-22(9-11-34)33(2)3/h4-7,12-16,21-22,28,30,32H,8-11,17,29H2,1-3H3. The van der Waals surface area contributed by atoms with E-state index in [9.17, 15) is 0 Å². The van der Waals surface area contributed by atoms with Gasteiger partial charge in [-0.2, -0.15) is 0 Å². The molecule has 0 spiro atoms. The quantitative estimate of drug-likeness (QED) is 0.302. The summed E-state index contributed by atoms with van der Waals surface area (Å²) in [4.78, 5) is 12.3. The minimum Gasteiger partial charge on any atom is -0.398 e. The fraction of sp³-hybridized carbons (Fsp3) is 0.370.